The molecule has 2 aromatic rings. The average Bonchev–Trinajstić information content (AvgIpc) is 2.94. The second-order valence-electron chi connectivity index (χ2n) is 11.1. The van der Waals surface area contributed by atoms with Crippen molar-refractivity contribution < 1.29 is 9.53 Å². The molecule has 0 saturated carbocycles. The van der Waals surface area contributed by atoms with Crippen molar-refractivity contribution in [3.05, 3.63) is 93.2 Å². The first-order chi connectivity index (χ1) is 18.5. The van der Waals surface area contributed by atoms with Gasteiger partial charge in [-0.3, -0.25) is 0 Å². The van der Waals surface area contributed by atoms with E-state index >= 15 is 0 Å². The van der Waals surface area contributed by atoms with Gasteiger partial charge in [-0.15, -0.1) is 0 Å². The summed E-state index contributed by atoms with van der Waals surface area (Å²) in [6.45, 7) is 10.5. The number of allylic oxidation sites excluding steroid dienone is 1. The van der Waals surface area contributed by atoms with Crippen LogP contribution in [0.1, 0.15) is 83.3 Å². The number of rotatable bonds is 15. The van der Waals surface area contributed by atoms with E-state index in [1.165, 1.54) is 68.5 Å². The molecule has 0 saturated heterocycles. The van der Waals surface area contributed by atoms with E-state index in [4.69, 9.17) is 4.74 Å². The van der Waals surface area contributed by atoms with E-state index in [1.54, 1.807) is 0 Å². The molecule has 1 aliphatic rings. The molecule has 206 valence electrons. The molecule has 1 atom stereocenters. The van der Waals surface area contributed by atoms with Crippen LogP contribution in [0.2, 0.25) is 13.3 Å². The summed E-state index contributed by atoms with van der Waals surface area (Å²) >= 11 is -2.58. The van der Waals surface area contributed by atoms with Gasteiger partial charge in [-0.25, -0.2) is 0 Å². The van der Waals surface area contributed by atoms with Crippen LogP contribution < -0.4 is 0 Å². The van der Waals surface area contributed by atoms with E-state index in [2.05, 4.69) is 68.3 Å². The summed E-state index contributed by atoms with van der Waals surface area (Å²) in [5.41, 5.74) is 5.16. The molecular formula is C34H49NO2Sn. The van der Waals surface area contributed by atoms with Crippen LogP contribution in [-0.4, -0.2) is 42.3 Å². The van der Waals surface area contributed by atoms with Gasteiger partial charge in [-0.05, 0) is 0 Å². The molecule has 4 heteroatoms. The van der Waals surface area contributed by atoms with Crippen LogP contribution in [0.3, 0.4) is 0 Å². The van der Waals surface area contributed by atoms with Gasteiger partial charge < -0.3 is 0 Å². The number of ether oxygens (including phenoxy) is 1. The Balaban J connectivity index is 1.92. The minimum absolute atomic E-state index is 0.0502. The third-order valence-corrected chi connectivity index (χ3v) is 22.3. The van der Waals surface area contributed by atoms with Crippen molar-refractivity contribution in [2.24, 2.45) is 0 Å². The van der Waals surface area contributed by atoms with E-state index < -0.39 is 18.4 Å². The Hall–Kier alpha value is -1.85. The molecule has 1 amide bonds. The summed E-state index contributed by atoms with van der Waals surface area (Å²) < 4.78 is 13.0. The van der Waals surface area contributed by atoms with Crippen LogP contribution in [0.4, 0.5) is 0 Å². The molecule has 0 aliphatic carbocycles. The molecule has 0 bridgehead atoms. The molecule has 1 aliphatic heterocycles. The monoisotopic (exact) mass is 623 g/mol. The number of hydrogen-bond donors (Lipinski definition) is 0. The summed E-state index contributed by atoms with van der Waals surface area (Å²) in [4.78, 5) is 15.3. The fourth-order valence-electron chi connectivity index (χ4n) is 5.84. The second kappa shape index (κ2) is 16.3. The van der Waals surface area contributed by atoms with Crippen LogP contribution in [0.5, 0.6) is 0 Å². The first-order valence-corrected chi connectivity index (χ1v) is 22.6. The van der Waals surface area contributed by atoms with Crippen molar-refractivity contribution in [2.75, 3.05) is 13.2 Å². The number of amides is 1. The van der Waals surface area contributed by atoms with E-state index in [0.29, 0.717) is 13.2 Å². The van der Waals surface area contributed by atoms with Crippen molar-refractivity contribution in [1.29, 1.82) is 0 Å². The Morgan fingerprint density at radius 1 is 0.895 bits per heavy atom. The molecule has 38 heavy (non-hydrogen) atoms. The Labute approximate surface area is 236 Å². The molecule has 3 rings (SSSR count). The van der Waals surface area contributed by atoms with Gasteiger partial charge in [-0.2, -0.15) is 0 Å². The van der Waals surface area contributed by atoms with Crippen molar-refractivity contribution in [3.8, 4) is 0 Å². The first kappa shape index (κ1) is 30.7. The van der Waals surface area contributed by atoms with Gasteiger partial charge in [0, 0.05) is 0 Å². The maximum absolute atomic E-state index is 13.4. The van der Waals surface area contributed by atoms with Gasteiger partial charge in [0.2, 0.25) is 0 Å². The van der Waals surface area contributed by atoms with Gasteiger partial charge >= 0.3 is 237 Å². The molecule has 0 spiro atoms. The van der Waals surface area contributed by atoms with Gasteiger partial charge in [0.25, 0.3) is 0 Å². The van der Waals surface area contributed by atoms with E-state index in [1.807, 2.05) is 35.2 Å². The Morgan fingerprint density at radius 2 is 1.45 bits per heavy atom. The van der Waals surface area contributed by atoms with Gasteiger partial charge in [0.05, 0.1) is 0 Å². The molecule has 0 aromatic heterocycles. The summed E-state index contributed by atoms with van der Waals surface area (Å²) in [5.74, 6) is 0.320. The van der Waals surface area contributed by atoms with Crippen molar-refractivity contribution >= 4 is 24.3 Å². The van der Waals surface area contributed by atoms with Crippen LogP contribution in [-0.2, 0) is 16.1 Å². The fourth-order valence-corrected chi connectivity index (χ4v) is 21.3. The zero-order valence-corrected chi connectivity index (χ0v) is 27.1. The number of carbonyl (C=O) groups is 1. The van der Waals surface area contributed by atoms with Crippen LogP contribution >= 0.6 is 0 Å². The minimum atomic E-state index is -2.58. The molecule has 0 fully saturated rings. The molecular weight excluding hydrogens is 573 g/mol. The number of hydrogen-bond acceptors (Lipinski definition) is 2. The molecule has 1 heterocycles. The standard InChI is InChI=1S/C22H22NO2.3C4H9.Sn/c1-17-13-23(14-18(2)22(17)20-11-7-4-8-12-20)21(24)16-25-15-19-9-5-3-6-10-19;3*1-3-4-2;/h1,3-12,14,22H,13,15-16H2,2H3;3*1,3-4H2,2H3;. The summed E-state index contributed by atoms with van der Waals surface area (Å²) in [5, 5.41) is 0. The van der Waals surface area contributed by atoms with Crippen LogP contribution in [0, 0.1) is 0 Å². The summed E-state index contributed by atoms with van der Waals surface area (Å²) in [6.07, 6.45) is 9.92. The van der Waals surface area contributed by atoms with Gasteiger partial charge in [0.1, 0.15) is 0 Å². The molecule has 2 aromatic carbocycles. The predicted octanol–water partition coefficient (Wildman–Crippen LogP) is 9.05. The van der Waals surface area contributed by atoms with E-state index in [-0.39, 0.29) is 18.4 Å². The topological polar surface area (TPSA) is 29.5 Å². The number of benzene rings is 2. The Morgan fingerprint density at radius 3 is 2.00 bits per heavy atom. The maximum atomic E-state index is 13.4. The molecule has 1 unspecified atom stereocenters. The predicted molar refractivity (Wildman–Crippen MR) is 164 cm³/mol. The fraction of sp³-hybridized carbons (Fsp3) is 0.500. The Kier molecular flexibility index (Phi) is 13.2. The zero-order valence-electron chi connectivity index (χ0n) is 24.3. The van der Waals surface area contributed by atoms with Gasteiger partial charge in [-0.1, -0.05) is 0 Å². The molecule has 3 nitrogen and oxygen atoms in total. The third-order valence-electron chi connectivity index (χ3n) is 7.91. The molecule has 0 radical (unpaired) electrons. The van der Waals surface area contributed by atoms with Crippen molar-refractivity contribution in [3.63, 3.8) is 0 Å². The molecule has 0 N–H and O–H groups in total. The number of carbonyl (C=O) groups excluding carboxylic acids is 1. The van der Waals surface area contributed by atoms with Crippen molar-refractivity contribution in [2.45, 2.75) is 92.1 Å². The number of unbranched alkanes of at least 4 members (excludes halogenated alkanes) is 3. The third kappa shape index (κ3) is 9.12. The van der Waals surface area contributed by atoms with Crippen molar-refractivity contribution in [1.82, 2.24) is 4.90 Å². The quantitative estimate of drug-likeness (QED) is 0.186. The van der Waals surface area contributed by atoms with Crippen LogP contribution in [0.15, 0.2) is 82.1 Å². The SMILES string of the molecule is CCC[CH2][Sn](/[CH]=C1\CN(C(=O)COCc2ccccc2)C=C(C)C1c1ccccc1)([CH2]CCC)[CH2]CCC. The van der Waals surface area contributed by atoms with E-state index in [9.17, 15) is 4.79 Å². The van der Waals surface area contributed by atoms with Gasteiger partial charge in [0.15, 0.2) is 0 Å². The first-order valence-electron chi connectivity index (χ1n) is 14.9. The zero-order chi connectivity index (χ0) is 27.2. The summed E-state index contributed by atoms with van der Waals surface area (Å²) in [7, 11) is 0. The second-order valence-corrected chi connectivity index (χ2v) is 24.0. The number of nitrogens with zero attached hydrogens (tertiary/aromatic N) is 1. The Bertz CT molecular complexity index is 1010. The summed E-state index contributed by atoms with van der Waals surface area (Å²) in [6, 6.07) is 21.0. The average molecular weight is 622 g/mol. The van der Waals surface area contributed by atoms with E-state index in [0.717, 1.165) is 5.56 Å². The van der Waals surface area contributed by atoms with Crippen LogP contribution in [0.25, 0.3) is 0 Å². The normalized spacial score (nSPS) is 17.1.